The number of amides is 1. The van der Waals surface area contributed by atoms with Gasteiger partial charge in [0.05, 0.1) is 30.7 Å². The molecule has 2 aromatic carbocycles. The number of rotatable bonds is 10. The van der Waals surface area contributed by atoms with E-state index in [2.05, 4.69) is 4.98 Å². The van der Waals surface area contributed by atoms with Crippen LogP contribution in [-0.2, 0) is 16.1 Å². The first kappa shape index (κ1) is 25.0. The Kier molecular flexibility index (Phi) is 7.73. The topological polar surface area (TPSA) is 93.9 Å². The second-order valence-electron chi connectivity index (χ2n) is 8.84. The highest BCUT2D eigenvalue weighted by atomic mass is 16.5. The van der Waals surface area contributed by atoms with Crippen molar-refractivity contribution in [1.82, 2.24) is 14.5 Å². The minimum Gasteiger partial charge on any atom is -0.507 e. The third kappa shape index (κ3) is 5.43. The molecule has 4 rings (SSSR count). The zero-order valence-corrected chi connectivity index (χ0v) is 20.8. The van der Waals surface area contributed by atoms with Crippen LogP contribution in [0.1, 0.15) is 44.4 Å². The van der Waals surface area contributed by atoms with Crippen LogP contribution in [0.3, 0.4) is 0 Å². The lowest BCUT2D eigenvalue weighted by Crippen LogP contribution is -2.31. The number of hydrogen-bond acceptors (Lipinski definition) is 6. The van der Waals surface area contributed by atoms with E-state index in [9.17, 15) is 14.7 Å². The largest absolute Gasteiger partial charge is 0.507 e. The first-order valence-electron chi connectivity index (χ1n) is 12.1. The lowest BCUT2D eigenvalue weighted by Gasteiger charge is -2.25. The molecule has 8 nitrogen and oxygen atoms in total. The number of ketones is 1. The molecule has 0 unspecified atom stereocenters. The summed E-state index contributed by atoms with van der Waals surface area (Å²) in [6.45, 7) is 7.29. The molecule has 0 saturated carbocycles. The normalized spacial score (nSPS) is 17.1. The standard InChI is InChI=1S/C28H31N3O5/c1-4-35-22-10-8-21(9-11-22)26(32)24-25(20-6-12-23(13-7-20)36-19(2)3)31(28(34)27(24)33)16-5-15-30-17-14-29-18-30/h6-14,17-19,25,32H,4-5,15-16H2,1-3H3/t25-/m0/s1. The zero-order valence-electron chi connectivity index (χ0n) is 20.8. The average Bonchev–Trinajstić information content (AvgIpc) is 3.47. The fraction of sp³-hybridized carbons (Fsp3) is 0.321. The molecule has 1 amide bonds. The Hall–Kier alpha value is -4.07. The number of carbonyl (C=O) groups excluding carboxylic acids is 2. The van der Waals surface area contributed by atoms with Gasteiger partial charge in [0.15, 0.2) is 0 Å². The number of aliphatic hydroxyl groups is 1. The van der Waals surface area contributed by atoms with Crippen molar-refractivity contribution in [3.8, 4) is 11.5 Å². The number of benzene rings is 2. The molecular formula is C28H31N3O5. The second-order valence-corrected chi connectivity index (χ2v) is 8.84. The number of ether oxygens (including phenoxy) is 2. The fourth-order valence-electron chi connectivity index (χ4n) is 4.33. The van der Waals surface area contributed by atoms with Gasteiger partial charge in [-0.1, -0.05) is 12.1 Å². The van der Waals surface area contributed by atoms with Gasteiger partial charge < -0.3 is 24.0 Å². The minimum atomic E-state index is -0.715. The first-order valence-corrected chi connectivity index (χ1v) is 12.1. The highest BCUT2D eigenvalue weighted by molar-refractivity contribution is 6.46. The van der Waals surface area contributed by atoms with Crippen LogP contribution in [0.15, 0.2) is 72.8 Å². The van der Waals surface area contributed by atoms with Crippen molar-refractivity contribution in [1.29, 1.82) is 0 Å². The second kappa shape index (κ2) is 11.1. The van der Waals surface area contributed by atoms with Gasteiger partial charge in [-0.3, -0.25) is 9.59 Å². The van der Waals surface area contributed by atoms with Gasteiger partial charge in [0.25, 0.3) is 11.7 Å². The van der Waals surface area contributed by atoms with Gasteiger partial charge >= 0.3 is 0 Å². The van der Waals surface area contributed by atoms with Crippen molar-refractivity contribution in [2.24, 2.45) is 0 Å². The van der Waals surface area contributed by atoms with Crippen LogP contribution in [0.5, 0.6) is 11.5 Å². The van der Waals surface area contributed by atoms with Crippen LogP contribution in [-0.4, -0.2) is 50.5 Å². The molecule has 1 aliphatic rings. The minimum absolute atomic E-state index is 0.0179. The highest BCUT2D eigenvalue weighted by Crippen LogP contribution is 2.40. The molecule has 0 aliphatic carbocycles. The van der Waals surface area contributed by atoms with E-state index in [4.69, 9.17) is 9.47 Å². The molecular weight excluding hydrogens is 458 g/mol. The molecule has 8 heteroatoms. The number of carbonyl (C=O) groups is 2. The lowest BCUT2D eigenvalue weighted by atomic mass is 9.95. The summed E-state index contributed by atoms with van der Waals surface area (Å²) >= 11 is 0. The predicted molar refractivity (Wildman–Crippen MR) is 136 cm³/mol. The highest BCUT2D eigenvalue weighted by Gasteiger charge is 2.45. The van der Waals surface area contributed by atoms with E-state index in [0.29, 0.717) is 43.2 Å². The van der Waals surface area contributed by atoms with E-state index >= 15 is 0 Å². The van der Waals surface area contributed by atoms with Crippen LogP contribution in [0.4, 0.5) is 0 Å². The Morgan fingerprint density at radius 1 is 1.03 bits per heavy atom. The quantitative estimate of drug-likeness (QED) is 0.255. The number of aromatic nitrogens is 2. The van der Waals surface area contributed by atoms with Gasteiger partial charge in [-0.2, -0.15) is 0 Å². The predicted octanol–water partition coefficient (Wildman–Crippen LogP) is 4.58. The Bertz CT molecular complexity index is 1220. The van der Waals surface area contributed by atoms with E-state index < -0.39 is 17.7 Å². The molecule has 188 valence electrons. The van der Waals surface area contributed by atoms with Gasteiger partial charge in [-0.05, 0) is 69.2 Å². The summed E-state index contributed by atoms with van der Waals surface area (Å²) in [7, 11) is 0. The Balaban J connectivity index is 1.69. The van der Waals surface area contributed by atoms with Crippen molar-refractivity contribution in [3.05, 3.63) is 84.0 Å². The summed E-state index contributed by atoms with van der Waals surface area (Å²) in [6, 6.07) is 13.4. The molecule has 1 aromatic heterocycles. The molecule has 3 aromatic rings. The summed E-state index contributed by atoms with van der Waals surface area (Å²) in [5.41, 5.74) is 1.24. The van der Waals surface area contributed by atoms with Crippen molar-refractivity contribution < 1.29 is 24.2 Å². The maximum Gasteiger partial charge on any atom is 0.295 e. The fourth-order valence-corrected chi connectivity index (χ4v) is 4.33. The zero-order chi connectivity index (χ0) is 25.7. The first-order chi connectivity index (χ1) is 17.4. The molecule has 1 saturated heterocycles. The molecule has 1 N–H and O–H groups in total. The summed E-state index contributed by atoms with van der Waals surface area (Å²) in [4.78, 5) is 31.9. The van der Waals surface area contributed by atoms with Crippen LogP contribution in [0.2, 0.25) is 0 Å². The Morgan fingerprint density at radius 3 is 2.33 bits per heavy atom. The van der Waals surface area contributed by atoms with Crippen LogP contribution < -0.4 is 9.47 Å². The third-order valence-electron chi connectivity index (χ3n) is 5.92. The smallest absolute Gasteiger partial charge is 0.295 e. The van der Waals surface area contributed by atoms with E-state index in [1.54, 1.807) is 36.8 Å². The number of imidazole rings is 1. The Labute approximate surface area is 210 Å². The van der Waals surface area contributed by atoms with Gasteiger partial charge in [-0.15, -0.1) is 0 Å². The molecule has 1 fully saturated rings. The van der Waals surface area contributed by atoms with Gasteiger partial charge in [-0.25, -0.2) is 4.98 Å². The van der Waals surface area contributed by atoms with E-state index in [0.717, 1.165) is 5.56 Å². The number of aliphatic hydroxyl groups excluding tert-OH is 1. The van der Waals surface area contributed by atoms with Gasteiger partial charge in [0.1, 0.15) is 17.3 Å². The SMILES string of the molecule is CCOc1ccc(C(O)=C2C(=O)C(=O)N(CCCn3ccnc3)[C@H]2c2ccc(OC(C)C)cc2)cc1. The van der Waals surface area contributed by atoms with Crippen LogP contribution in [0.25, 0.3) is 5.76 Å². The van der Waals surface area contributed by atoms with Gasteiger partial charge in [0, 0.05) is 31.0 Å². The summed E-state index contributed by atoms with van der Waals surface area (Å²) < 4.78 is 13.2. The van der Waals surface area contributed by atoms with Crippen molar-refractivity contribution in [2.75, 3.05) is 13.2 Å². The lowest BCUT2D eigenvalue weighted by molar-refractivity contribution is -0.139. The van der Waals surface area contributed by atoms with E-state index in [-0.39, 0.29) is 17.4 Å². The maximum absolute atomic E-state index is 13.2. The average molecular weight is 490 g/mol. The maximum atomic E-state index is 13.2. The molecule has 1 aliphatic heterocycles. The van der Waals surface area contributed by atoms with Crippen molar-refractivity contribution in [3.63, 3.8) is 0 Å². The monoisotopic (exact) mass is 489 g/mol. The summed E-state index contributed by atoms with van der Waals surface area (Å²) in [6.07, 6.45) is 5.90. The molecule has 1 atom stereocenters. The molecule has 0 bridgehead atoms. The van der Waals surface area contributed by atoms with Crippen LogP contribution >= 0.6 is 0 Å². The van der Waals surface area contributed by atoms with E-state index in [1.807, 2.05) is 55.8 Å². The van der Waals surface area contributed by atoms with Crippen LogP contribution in [0, 0.1) is 0 Å². The molecule has 2 heterocycles. The summed E-state index contributed by atoms with van der Waals surface area (Å²) in [5, 5.41) is 11.2. The Morgan fingerprint density at radius 2 is 1.72 bits per heavy atom. The third-order valence-corrected chi connectivity index (χ3v) is 5.92. The van der Waals surface area contributed by atoms with Crippen molar-refractivity contribution >= 4 is 17.4 Å². The number of nitrogens with zero attached hydrogens (tertiary/aromatic N) is 3. The number of likely N-dealkylation sites (tertiary alicyclic amines) is 1. The number of aryl methyl sites for hydroxylation is 1. The summed E-state index contributed by atoms with van der Waals surface area (Å²) in [5.74, 6) is -0.179. The number of hydrogen-bond donors (Lipinski definition) is 1. The molecule has 0 radical (unpaired) electrons. The van der Waals surface area contributed by atoms with Gasteiger partial charge in [0.2, 0.25) is 0 Å². The molecule has 36 heavy (non-hydrogen) atoms. The van der Waals surface area contributed by atoms with Crippen molar-refractivity contribution in [2.45, 2.75) is 45.9 Å². The van der Waals surface area contributed by atoms with E-state index in [1.165, 1.54) is 4.90 Å². The number of Topliss-reactive ketones (excluding diaryl/α,β-unsaturated/α-hetero) is 1. The molecule has 0 spiro atoms.